The van der Waals surface area contributed by atoms with E-state index in [1.54, 1.807) is 0 Å². The van der Waals surface area contributed by atoms with Crippen LogP contribution in [0.4, 0.5) is 0 Å². The van der Waals surface area contributed by atoms with Gasteiger partial charge >= 0.3 is 0 Å². The van der Waals surface area contributed by atoms with Gasteiger partial charge in [0.25, 0.3) is 5.91 Å². The number of likely N-dealkylation sites (N-methyl/N-ethyl adjacent to an activating group) is 1. The van der Waals surface area contributed by atoms with Gasteiger partial charge in [0.05, 0.1) is 0 Å². The average molecular weight is 241 g/mol. The predicted octanol–water partition coefficient (Wildman–Crippen LogP) is 0.283. The largest absolute Gasteiger partial charge is 0.388 e. The van der Waals surface area contributed by atoms with Crippen LogP contribution in [-0.4, -0.2) is 34.8 Å². The molecular formula is C11H19N3O3. The minimum atomic E-state index is -0.315. The number of aliphatic hydroxyl groups is 1. The summed E-state index contributed by atoms with van der Waals surface area (Å²) in [5.74, 6) is -0.0417. The fourth-order valence-corrected chi connectivity index (χ4v) is 1.16. The van der Waals surface area contributed by atoms with Gasteiger partial charge in [0.1, 0.15) is 6.61 Å². The van der Waals surface area contributed by atoms with Crippen molar-refractivity contribution in [1.29, 1.82) is 0 Å². The zero-order chi connectivity index (χ0) is 13.1. The fourth-order valence-electron chi connectivity index (χ4n) is 1.16. The number of amides is 1. The summed E-state index contributed by atoms with van der Waals surface area (Å²) in [6.45, 7) is 5.61. The maximum absolute atomic E-state index is 11.8. The number of hydrogen-bond acceptors (Lipinski definition) is 5. The Labute approximate surface area is 100 Å². The van der Waals surface area contributed by atoms with Crippen LogP contribution in [0.25, 0.3) is 0 Å². The van der Waals surface area contributed by atoms with Crippen LogP contribution in [0.2, 0.25) is 0 Å². The molecule has 0 aliphatic carbocycles. The van der Waals surface area contributed by atoms with Gasteiger partial charge in [0, 0.05) is 17.6 Å². The Morgan fingerprint density at radius 2 is 2.29 bits per heavy atom. The van der Waals surface area contributed by atoms with Crippen molar-refractivity contribution < 1.29 is 14.4 Å². The Hall–Kier alpha value is -1.40. The molecule has 0 radical (unpaired) electrons. The van der Waals surface area contributed by atoms with Crippen LogP contribution in [0.1, 0.15) is 37.0 Å². The number of aromatic nitrogens is 1. The first-order chi connectivity index (χ1) is 7.90. The maximum Gasteiger partial charge on any atom is 0.273 e. The van der Waals surface area contributed by atoms with E-state index in [0.29, 0.717) is 0 Å². The summed E-state index contributed by atoms with van der Waals surface area (Å²) < 4.78 is 4.75. The maximum atomic E-state index is 11.8. The molecule has 0 saturated heterocycles. The second kappa shape index (κ2) is 5.29. The number of hydrogen-bond donors (Lipinski definition) is 3. The topological polar surface area (TPSA) is 87.4 Å². The summed E-state index contributed by atoms with van der Waals surface area (Å²) in [6, 6.07) is 1.35. The van der Waals surface area contributed by atoms with Crippen molar-refractivity contribution in [3.63, 3.8) is 0 Å². The molecule has 1 aromatic rings. The zero-order valence-corrected chi connectivity index (χ0v) is 10.6. The molecular weight excluding hydrogens is 222 g/mol. The number of nitrogens with one attached hydrogen (secondary N) is 2. The third-order valence-corrected chi connectivity index (χ3v) is 3.02. The van der Waals surface area contributed by atoms with Crippen LogP contribution in [0.5, 0.6) is 0 Å². The third kappa shape index (κ3) is 3.28. The van der Waals surface area contributed by atoms with Crippen molar-refractivity contribution in [2.75, 3.05) is 7.05 Å². The molecule has 6 heteroatoms. The zero-order valence-electron chi connectivity index (χ0n) is 10.6. The third-order valence-electron chi connectivity index (χ3n) is 3.02. The lowest BCUT2D eigenvalue weighted by Gasteiger charge is -2.31. The summed E-state index contributed by atoms with van der Waals surface area (Å²) in [4.78, 5) is 11.8. The molecule has 0 fully saturated rings. The molecule has 1 aromatic heterocycles. The van der Waals surface area contributed by atoms with E-state index < -0.39 is 0 Å². The van der Waals surface area contributed by atoms with E-state index >= 15 is 0 Å². The average Bonchev–Trinajstić information content (AvgIpc) is 2.77. The normalized spacial score (nSPS) is 13.5. The minimum Gasteiger partial charge on any atom is -0.388 e. The summed E-state index contributed by atoms with van der Waals surface area (Å²) >= 11 is 0. The van der Waals surface area contributed by atoms with Gasteiger partial charge in [-0.05, 0) is 27.8 Å². The Bertz CT molecular complexity index is 387. The Morgan fingerprint density at radius 1 is 1.65 bits per heavy atom. The Kier molecular flexibility index (Phi) is 4.25. The summed E-state index contributed by atoms with van der Waals surface area (Å²) in [5.41, 5.74) is -0.0491. The van der Waals surface area contributed by atoms with Gasteiger partial charge in [-0.3, -0.25) is 4.79 Å². The van der Waals surface area contributed by atoms with Gasteiger partial charge in [-0.15, -0.1) is 0 Å². The van der Waals surface area contributed by atoms with Crippen LogP contribution in [0, 0.1) is 0 Å². The standard InChI is InChI=1S/C11H19N3O3/c1-7(11(2,3)12-4)13-10(16)9-5-8(6-15)17-14-9/h5,7,12,15H,6H2,1-4H3,(H,13,16). The molecule has 0 aliphatic heterocycles. The second-order valence-corrected chi connectivity index (χ2v) is 4.50. The van der Waals surface area contributed by atoms with E-state index in [9.17, 15) is 4.79 Å². The first kappa shape index (κ1) is 13.7. The van der Waals surface area contributed by atoms with Crippen LogP contribution < -0.4 is 10.6 Å². The van der Waals surface area contributed by atoms with E-state index in [-0.39, 0.29) is 35.5 Å². The molecule has 1 atom stereocenters. The van der Waals surface area contributed by atoms with Crippen molar-refractivity contribution in [2.24, 2.45) is 0 Å². The van der Waals surface area contributed by atoms with E-state index in [1.807, 2.05) is 27.8 Å². The number of rotatable bonds is 5. The van der Waals surface area contributed by atoms with Gasteiger partial charge in [-0.1, -0.05) is 5.16 Å². The SMILES string of the molecule is CNC(C)(C)C(C)NC(=O)c1cc(CO)on1. The molecule has 96 valence electrons. The number of nitrogens with zero attached hydrogens (tertiary/aromatic N) is 1. The molecule has 0 aromatic carbocycles. The second-order valence-electron chi connectivity index (χ2n) is 4.50. The van der Waals surface area contributed by atoms with Crippen LogP contribution in [0.15, 0.2) is 10.6 Å². The molecule has 0 spiro atoms. The molecule has 0 saturated carbocycles. The van der Waals surface area contributed by atoms with Crippen molar-refractivity contribution in [1.82, 2.24) is 15.8 Å². The highest BCUT2D eigenvalue weighted by Gasteiger charge is 2.26. The van der Waals surface area contributed by atoms with Crippen molar-refractivity contribution >= 4 is 5.91 Å². The Balaban J connectivity index is 2.66. The highest BCUT2D eigenvalue weighted by molar-refractivity contribution is 5.92. The lowest BCUT2D eigenvalue weighted by atomic mass is 9.96. The smallest absolute Gasteiger partial charge is 0.273 e. The highest BCUT2D eigenvalue weighted by atomic mass is 16.5. The molecule has 1 amide bonds. The minimum absolute atomic E-state index is 0.0747. The molecule has 0 aliphatic rings. The summed E-state index contributed by atoms with van der Waals surface area (Å²) in [5, 5.41) is 18.3. The van der Waals surface area contributed by atoms with Gasteiger partial charge < -0.3 is 20.3 Å². The molecule has 0 bridgehead atoms. The predicted molar refractivity (Wildman–Crippen MR) is 62.5 cm³/mol. The summed E-state index contributed by atoms with van der Waals surface area (Å²) in [7, 11) is 1.84. The Morgan fingerprint density at radius 3 is 2.76 bits per heavy atom. The van der Waals surface area contributed by atoms with Gasteiger partial charge in [0.2, 0.25) is 0 Å². The molecule has 1 heterocycles. The molecule has 6 nitrogen and oxygen atoms in total. The van der Waals surface area contributed by atoms with Crippen molar-refractivity contribution in [3.8, 4) is 0 Å². The number of carbonyl (C=O) groups is 1. The number of carbonyl (C=O) groups excluding carboxylic acids is 1. The van der Waals surface area contributed by atoms with E-state index in [4.69, 9.17) is 9.63 Å². The quantitative estimate of drug-likeness (QED) is 0.689. The van der Waals surface area contributed by atoms with Crippen LogP contribution in [-0.2, 0) is 6.61 Å². The lowest BCUT2D eigenvalue weighted by molar-refractivity contribution is 0.0909. The van der Waals surface area contributed by atoms with E-state index in [1.165, 1.54) is 6.07 Å². The molecule has 1 rings (SSSR count). The molecule has 3 N–H and O–H groups in total. The van der Waals surface area contributed by atoms with Crippen molar-refractivity contribution in [2.45, 2.75) is 39.0 Å². The number of aliphatic hydroxyl groups excluding tert-OH is 1. The molecule has 17 heavy (non-hydrogen) atoms. The highest BCUT2D eigenvalue weighted by Crippen LogP contribution is 2.09. The first-order valence-electron chi connectivity index (χ1n) is 5.47. The van der Waals surface area contributed by atoms with Gasteiger partial charge in [0.15, 0.2) is 11.5 Å². The van der Waals surface area contributed by atoms with E-state index in [0.717, 1.165) is 0 Å². The van der Waals surface area contributed by atoms with Crippen molar-refractivity contribution in [3.05, 3.63) is 17.5 Å². The van der Waals surface area contributed by atoms with Crippen LogP contribution >= 0.6 is 0 Å². The first-order valence-corrected chi connectivity index (χ1v) is 5.47. The lowest BCUT2D eigenvalue weighted by Crippen LogP contribution is -2.54. The monoisotopic (exact) mass is 241 g/mol. The van der Waals surface area contributed by atoms with Gasteiger partial charge in [-0.25, -0.2) is 0 Å². The summed E-state index contributed by atoms with van der Waals surface area (Å²) in [6.07, 6.45) is 0. The fraction of sp³-hybridized carbons (Fsp3) is 0.636. The van der Waals surface area contributed by atoms with E-state index in [2.05, 4.69) is 15.8 Å². The molecule has 1 unspecified atom stereocenters. The van der Waals surface area contributed by atoms with Crippen LogP contribution in [0.3, 0.4) is 0 Å². The van der Waals surface area contributed by atoms with Gasteiger partial charge in [-0.2, -0.15) is 0 Å².